The first-order valence-electron chi connectivity index (χ1n) is 11.2. The van der Waals surface area contributed by atoms with Crippen LogP contribution in [0.4, 0.5) is 5.82 Å². The summed E-state index contributed by atoms with van der Waals surface area (Å²) in [5, 5.41) is 15.6. The number of rotatable bonds is 6. The van der Waals surface area contributed by atoms with Crippen molar-refractivity contribution in [3.8, 4) is 0 Å². The number of hydrogen-bond donors (Lipinski definition) is 1. The highest BCUT2D eigenvalue weighted by atomic mass is 16.3. The summed E-state index contributed by atoms with van der Waals surface area (Å²) in [5.74, 6) is 1.10. The highest BCUT2D eigenvalue weighted by Crippen LogP contribution is 2.24. The minimum atomic E-state index is 0.287. The van der Waals surface area contributed by atoms with Crippen LogP contribution in [0.25, 0.3) is 11.0 Å². The van der Waals surface area contributed by atoms with Crippen LogP contribution in [0.5, 0.6) is 0 Å². The van der Waals surface area contributed by atoms with Crippen molar-refractivity contribution in [2.24, 2.45) is 7.05 Å². The van der Waals surface area contributed by atoms with E-state index in [1.54, 1.807) is 0 Å². The monoisotopic (exact) mass is 385 g/mol. The molecule has 2 saturated heterocycles. The number of pyridine rings is 1. The lowest BCUT2D eigenvalue weighted by Crippen LogP contribution is -2.42. The Bertz CT molecular complexity index is 766. The van der Waals surface area contributed by atoms with E-state index in [1.807, 2.05) is 11.7 Å². The van der Waals surface area contributed by atoms with Gasteiger partial charge >= 0.3 is 0 Å². The lowest BCUT2D eigenvalue weighted by atomic mass is 10.0. The summed E-state index contributed by atoms with van der Waals surface area (Å²) in [6, 6.07) is 4.76. The van der Waals surface area contributed by atoms with Gasteiger partial charge in [-0.25, -0.2) is 4.98 Å². The largest absolute Gasteiger partial charge is 0.395 e. The number of aryl methyl sites for hydroxylation is 2. The van der Waals surface area contributed by atoms with Gasteiger partial charge in [0.2, 0.25) is 0 Å². The Morgan fingerprint density at radius 3 is 2.61 bits per heavy atom. The molecule has 2 fully saturated rings. The van der Waals surface area contributed by atoms with Gasteiger partial charge in [-0.05, 0) is 63.7 Å². The summed E-state index contributed by atoms with van der Waals surface area (Å²) in [5.41, 5.74) is 2.16. The molecule has 6 nitrogen and oxygen atoms in total. The molecule has 1 N–H and O–H groups in total. The second-order valence-corrected chi connectivity index (χ2v) is 8.48. The predicted molar refractivity (Wildman–Crippen MR) is 114 cm³/mol. The zero-order valence-corrected chi connectivity index (χ0v) is 17.3. The third-order valence-electron chi connectivity index (χ3n) is 6.50. The van der Waals surface area contributed by atoms with E-state index in [4.69, 9.17) is 10.1 Å². The fraction of sp³-hybridized carbons (Fsp3) is 0.727. The zero-order chi connectivity index (χ0) is 19.3. The van der Waals surface area contributed by atoms with Gasteiger partial charge in [0.15, 0.2) is 5.65 Å². The standard InChI is InChI=1S/C22H35N5O/c1-25-22-19(11-12-21(23-22)27-14-5-2-3-6-15-27)20(24-25)10-8-16-26-13-7-4-9-18(26)17-28/h11-12,18,28H,2-10,13-17H2,1H3. The third-order valence-corrected chi connectivity index (χ3v) is 6.50. The highest BCUT2D eigenvalue weighted by molar-refractivity contribution is 5.80. The quantitative estimate of drug-likeness (QED) is 0.828. The summed E-state index contributed by atoms with van der Waals surface area (Å²) in [4.78, 5) is 9.86. The predicted octanol–water partition coefficient (Wildman–Crippen LogP) is 3.13. The van der Waals surface area contributed by atoms with Gasteiger partial charge in [-0.1, -0.05) is 19.3 Å². The number of aromatic nitrogens is 3. The minimum Gasteiger partial charge on any atom is -0.395 e. The molecule has 2 aromatic rings. The van der Waals surface area contributed by atoms with Crippen LogP contribution in [-0.4, -0.2) is 63.6 Å². The Morgan fingerprint density at radius 1 is 1.04 bits per heavy atom. The third kappa shape index (κ3) is 4.33. The molecular weight excluding hydrogens is 350 g/mol. The maximum absolute atomic E-state index is 9.60. The molecule has 2 aliphatic rings. The van der Waals surface area contributed by atoms with Crippen molar-refractivity contribution in [2.45, 2.75) is 63.8 Å². The lowest BCUT2D eigenvalue weighted by molar-refractivity contribution is 0.0893. The highest BCUT2D eigenvalue weighted by Gasteiger charge is 2.21. The number of aliphatic hydroxyl groups is 1. The Kier molecular flexibility index (Phi) is 6.47. The molecule has 0 bridgehead atoms. The fourth-order valence-electron chi connectivity index (χ4n) is 4.86. The van der Waals surface area contributed by atoms with Crippen LogP contribution in [0.1, 0.15) is 57.1 Å². The fourth-order valence-corrected chi connectivity index (χ4v) is 4.86. The average molecular weight is 386 g/mol. The van der Waals surface area contributed by atoms with E-state index in [1.165, 1.54) is 43.9 Å². The second kappa shape index (κ2) is 9.23. The molecule has 154 valence electrons. The van der Waals surface area contributed by atoms with Crippen LogP contribution in [0, 0.1) is 0 Å². The van der Waals surface area contributed by atoms with Crippen molar-refractivity contribution < 1.29 is 5.11 Å². The van der Waals surface area contributed by atoms with Crippen molar-refractivity contribution in [3.63, 3.8) is 0 Å². The number of anilines is 1. The van der Waals surface area contributed by atoms with E-state index in [0.29, 0.717) is 6.04 Å². The zero-order valence-electron chi connectivity index (χ0n) is 17.3. The molecule has 0 aliphatic carbocycles. The first-order valence-corrected chi connectivity index (χ1v) is 11.2. The second-order valence-electron chi connectivity index (χ2n) is 8.48. The van der Waals surface area contributed by atoms with E-state index in [2.05, 4.69) is 21.9 Å². The first-order chi connectivity index (χ1) is 13.8. The minimum absolute atomic E-state index is 0.287. The van der Waals surface area contributed by atoms with E-state index < -0.39 is 0 Å². The van der Waals surface area contributed by atoms with Crippen LogP contribution >= 0.6 is 0 Å². The molecule has 0 amide bonds. The summed E-state index contributed by atoms with van der Waals surface area (Å²) < 4.78 is 1.95. The Balaban J connectivity index is 1.43. The Morgan fingerprint density at radius 2 is 1.82 bits per heavy atom. The summed E-state index contributed by atoms with van der Waals surface area (Å²) >= 11 is 0. The average Bonchev–Trinajstić information content (AvgIpc) is 2.90. The van der Waals surface area contributed by atoms with Crippen LogP contribution in [-0.2, 0) is 13.5 Å². The van der Waals surface area contributed by atoms with E-state index in [9.17, 15) is 5.11 Å². The summed E-state index contributed by atoms with van der Waals surface area (Å²) in [6.45, 7) is 4.68. The molecule has 6 heteroatoms. The van der Waals surface area contributed by atoms with E-state index in [0.717, 1.165) is 62.6 Å². The smallest absolute Gasteiger partial charge is 0.160 e. The molecule has 28 heavy (non-hydrogen) atoms. The normalized spacial score (nSPS) is 21.9. The van der Waals surface area contributed by atoms with Gasteiger partial charge in [0.1, 0.15) is 5.82 Å². The number of fused-ring (bicyclic) bond motifs is 1. The van der Waals surface area contributed by atoms with Gasteiger partial charge in [0.05, 0.1) is 12.3 Å². The Labute approximate surface area is 168 Å². The number of nitrogens with zero attached hydrogens (tertiary/aromatic N) is 5. The van der Waals surface area contributed by atoms with Gasteiger partial charge in [0.25, 0.3) is 0 Å². The van der Waals surface area contributed by atoms with Crippen LogP contribution < -0.4 is 4.90 Å². The maximum atomic E-state index is 9.60. The molecule has 0 saturated carbocycles. The van der Waals surface area contributed by atoms with E-state index >= 15 is 0 Å². The molecule has 4 rings (SSSR count). The van der Waals surface area contributed by atoms with E-state index in [-0.39, 0.29) is 6.61 Å². The van der Waals surface area contributed by atoms with Crippen molar-refractivity contribution in [2.75, 3.05) is 37.7 Å². The first kappa shape index (κ1) is 19.6. The molecule has 0 radical (unpaired) electrons. The van der Waals surface area contributed by atoms with Gasteiger partial charge in [0, 0.05) is 31.6 Å². The molecule has 2 aromatic heterocycles. The van der Waals surface area contributed by atoms with Gasteiger partial charge in [-0.15, -0.1) is 0 Å². The number of likely N-dealkylation sites (tertiary alicyclic amines) is 1. The van der Waals surface area contributed by atoms with Crippen LogP contribution in [0.3, 0.4) is 0 Å². The van der Waals surface area contributed by atoms with Crippen molar-refractivity contribution in [3.05, 3.63) is 17.8 Å². The molecule has 0 spiro atoms. The molecular formula is C22H35N5O. The summed E-state index contributed by atoms with van der Waals surface area (Å²) in [6.07, 6.45) is 10.9. The van der Waals surface area contributed by atoms with Gasteiger partial charge in [-0.2, -0.15) is 5.10 Å². The lowest BCUT2D eigenvalue weighted by Gasteiger charge is -2.34. The van der Waals surface area contributed by atoms with Gasteiger partial charge in [-0.3, -0.25) is 9.58 Å². The molecule has 1 unspecified atom stereocenters. The van der Waals surface area contributed by atoms with Gasteiger partial charge < -0.3 is 10.0 Å². The number of aliphatic hydroxyl groups excluding tert-OH is 1. The number of hydrogen-bond acceptors (Lipinski definition) is 5. The maximum Gasteiger partial charge on any atom is 0.160 e. The van der Waals surface area contributed by atoms with Crippen molar-refractivity contribution >= 4 is 16.9 Å². The van der Waals surface area contributed by atoms with Crippen molar-refractivity contribution in [1.29, 1.82) is 0 Å². The molecule has 1 atom stereocenters. The number of piperidine rings is 1. The Hall–Kier alpha value is -1.66. The molecule has 4 heterocycles. The van der Waals surface area contributed by atoms with Crippen molar-refractivity contribution in [1.82, 2.24) is 19.7 Å². The SMILES string of the molecule is Cn1nc(CCCN2CCCCC2CO)c2ccc(N3CCCCCC3)nc21. The van der Waals surface area contributed by atoms with Crippen LogP contribution in [0.2, 0.25) is 0 Å². The summed E-state index contributed by atoms with van der Waals surface area (Å²) in [7, 11) is 2.01. The molecule has 2 aliphatic heterocycles. The topological polar surface area (TPSA) is 57.4 Å². The molecule has 0 aromatic carbocycles. The van der Waals surface area contributed by atoms with Crippen LogP contribution in [0.15, 0.2) is 12.1 Å².